The first-order chi connectivity index (χ1) is 8.81. The van der Waals surface area contributed by atoms with E-state index in [-0.39, 0.29) is 6.03 Å². The van der Waals surface area contributed by atoms with Crippen molar-refractivity contribution in [1.29, 1.82) is 0 Å². The van der Waals surface area contributed by atoms with Crippen LogP contribution in [0.25, 0.3) is 0 Å². The summed E-state index contributed by atoms with van der Waals surface area (Å²) in [5, 5.41) is 5.74. The summed E-state index contributed by atoms with van der Waals surface area (Å²) in [6.07, 6.45) is 1.90. The molecule has 2 N–H and O–H groups in total. The van der Waals surface area contributed by atoms with Crippen molar-refractivity contribution in [2.24, 2.45) is 0 Å². The second-order valence-corrected chi connectivity index (χ2v) is 4.51. The smallest absolute Gasteiger partial charge is 0.314 e. The molecule has 1 aromatic rings. The SMILES string of the molecule is CCCNC(=O)NCC1CCOc2ccccc21. The van der Waals surface area contributed by atoms with Crippen molar-refractivity contribution in [3.05, 3.63) is 29.8 Å². The molecule has 2 rings (SSSR count). The fraction of sp³-hybridized carbons (Fsp3) is 0.500. The van der Waals surface area contributed by atoms with E-state index < -0.39 is 0 Å². The second-order valence-electron chi connectivity index (χ2n) is 4.51. The summed E-state index contributed by atoms with van der Waals surface area (Å²) < 4.78 is 5.60. The molecule has 0 fully saturated rings. The summed E-state index contributed by atoms with van der Waals surface area (Å²) in [6, 6.07) is 7.96. The molecule has 2 amide bonds. The van der Waals surface area contributed by atoms with Gasteiger partial charge < -0.3 is 15.4 Å². The van der Waals surface area contributed by atoms with Crippen molar-refractivity contribution in [2.45, 2.75) is 25.7 Å². The molecule has 1 aliphatic rings. The lowest BCUT2D eigenvalue weighted by atomic mass is 9.93. The van der Waals surface area contributed by atoms with Gasteiger partial charge in [0.25, 0.3) is 0 Å². The highest BCUT2D eigenvalue weighted by Gasteiger charge is 2.21. The average molecular weight is 248 g/mol. The highest BCUT2D eigenvalue weighted by atomic mass is 16.5. The van der Waals surface area contributed by atoms with Crippen molar-refractivity contribution in [3.63, 3.8) is 0 Å². The monoisotopic (exact) mass is 248 g/mol. The molecule has 1 atom stereocenters. The van der Waals surface area contributed by atoms with E-state index in [1.807, 2.05) is 25.1 Å². The predicted molar refractivity (Wildman–Crippen MR) is 71.0 cm³/mol. The van der Waals surface area contributed by atoms with E-state index in [1.165, 1.54) is 5.56 Å². The number of hydrogen-bond acceptors (Lipinski definition) is 2. The summed E-state index contributed by atoms with van der Waals surface area (Å²) in [4.78, 5) is 11.5. The van der Waals surface area contributed by atoms with Crippen LogP contribution in [0.4, 0.5) is 4.79 Å². The van der Waals surface area contributed by atoms with Crippen LogP contribution in [0, 0.1) is 0 Å². The number of carbonyl (C=O) groups excluding carboxylic acids is 1. The third-order valence-corrected chi connectivity index (χ3v) is 3.13. The molecule has 0 radical (unpaired) electrons. The molecule has 0 spiro atoms. The standard InChI is InChI=1S/C14H20N2O2/c1-2-8-15-14(17)16-10-11-7-9-18-13-6-4-3-5-12(11)13/h3-6,11H,2,7-10H2,1H3,(H2,15,16,17). The van der Waals surface area contributed by atoms with E-state index in [0.29, 0.717) is 12.5 Å². The van der Waals surface area contributed by atoms with E-state index in [4.69, 9.17) is 4.74 Å². The lowest BCUT2D eigenvalue weighted by molar-refractivity contribution is 0.235. The first kappa shape index (κ1) is 12.7. The fourth-order valence-corrected chi connectivity index (χ4v) is 2.14. The van der Waals surface area contributed by atoms with Gasteiger partial charge in [-0.1, -0.05) is 25.1 Å². The Bertz CT molecular complexity index is 407. The van der Waals surface area contributed by atoms with E-state index in [9.17, 15) is 4.79 Å². The Morgan fingerprint density at radius 3 is 3.06 bits per heavy atom. The molecule has 0 aliphatic carbocycles. The molecule has 0 saturated carbocycles. The minimum absolute atomic E-state index is 0.0826. The average Bonchev–Trinajstić information content (AvgIpc) is 2.42. The highest BCUT2D eigenvalue weighted by Crippen LogP contribution is 2.32. The maximum absolute atomic E-state index is 11.5. The zero-order valence-corrected chi connectivity index (χ0v) is 10.7. The molecule has 4 nitrogen and oxygen atoms in total. The fourth-order valence-electron chi connectivity index (χ4n) is 2.14. The lowest BCUT2D eigenvalue weighted by Crippen LogP contribution is -2.38. The van der Waals surface area contributed by atoms with Crippen LogP contribution in [0.15, 0.2) is 24.3 Å². The van der Waals surface area contributed by atoms with Gasteiger partial charge in [0.05, 0.1) is 6.61 Å². The number of nitrogens with one attached hydrogen (secondary N) is 2. The van der Waals surface area contributed by atoms with Crippen molar-refractivity contribution in [2.75, 3.05) is 19.7 Å². The van der Waals surface area contributed by atoms with Crippen molar-refractivity contribution in [1.82, 2.24) is 10.6 Å². The third kappa shape index (κ3) is 3.15. The van der Waals surface area contributed by atoms with E-state index in [0.717, 1.165) is 31.7 Å². The van der Waals surface area contributed by atoms with Crippen LogP contribution in [0.3, 0.4) is 0 Å². The topological polar surface area (TPSA) is 50.4 Å². The van der Waals surface area contributed by atoms with E-state index in [1.54, 1.807) is 0 Å². The Morgan fingerprint density at radius 2 is 2.22 bits per heavy atom. The van der Waals surface area contributed by atoms with Crippen LogP contribution in [0.5, 0.6) is 5.75 Å². The first-order valence-electron chi connectivity index (χ1n) is 6.54. The lowest BCUT2D eigenvalue weighted by Gasteiger charge is -2.26. The van der Waals surface area contributed by atoms with Gasteiger partial charge >= 0.3 is 6.03 Å². The Kier molecular flexibility index (Phi) is 4.45. The number of urea groups is 1. The molecule has 98 valence electrons. The van der Waals surface area contributed by atoms with Gasteiger partial charge in [-0.2, -0.15) is 0 Å². The normalized spacial score (nSPS) is 17.5. The Hall–Kier alpha value is -1.71. The van der Waals surface area contributed by atoms with Crippen molar-refractivity contribution < 1.29 is 9.53 Å². The predicted octanol–water partition coefficient (Wildman–Crippen LogP) is 2.26. The molecule has 1 aliphatic heterocycles. The van der Waals surface area contributed by atoms with Crippen LogP contribution >= 0.6 is 0 Å². The number of fused-ring (bicyclic) bond motifs is 1. The molecular formula is C14H20N2O2. The number of ether oxygens (including phenoxy) is 1. The maximum atomic E-state index is 11.5. The van der Waals surface area contributed by atoms with Crippen molar-refractivity contribution in [3.8, 4) is 5.75 Å². The molecule has 1 aromatic carbocycles. The van der Waals surface area contributed by atoms with Crippen molar-refractivity contribution >= 4 is 6.03 Å². The van der Waals surface area contributed by atoms with Crippen LogP contribution < -0.4 is 15.4 Å². The van der Waals surface area contributed by atoms with Gasteiger partial charge in [0.1, 0.15) is 5.75 Å². The van der Waals surface area contributed by atoms with Crippen LogP contribution in [0.2, 0.25) is 0 Å². The number of carbonyl (C=O) groups is 1. The second kappa shape index (κ2) is 6.28. The first-order valence-corrected chi connectivity index (χ1v) is 6.54. The molecule has 0 saturated heterocycles. The number of benzene rings is 1. The van der Waals surface area contributed by atoms with E-state index >= 15 is 0 Å². The summed E-state index contributed by atoms with van der Waals surface area (Å²) in [6.45, 7) is 4.14. The maximum Gasteiger partial charge on any atom is 0.314 e. The number of hydrogen-bond donors (Lipinski definition) is 2. The summed E-state index contributed by atoms with van der Waals surface area (Å²) in [7, 11) is 0. The summed E-state index contributed by atoms with van der Waals surface area (Å²) in [5.41, 5.74) is 1.19. The van der Waals surface area contributed by atoms with Gasteiger partial charge in [-0.3, -0.25) is 0 Å². The molecule has 0 aromatic heterocycles. The van der Waals surface area contributed by atoms with Gasteiger partial charge in [-0.05, 0) is 24.5 Å². The number of para-hydroxylation sites is 1. The number of amides is 2. The van der Waals surface area contributed by atoms with Crippen LogP contribution in [0.1, 0.15) is 31.2 Å². The Morgan fingerprint density at radius 1 is 1.39 bits per heavy atom. The number of rotatable bonds is 4. The van der Waals surface area contributed by atoms with Crippen LogP contribution in [-0.2, 0) is 0 Å². The van der Waals surface area contributed by atoms with Gasteiger partial charge in [0.15, 0.2) is 0 Å². The zero-order valence-electron chi connectivity index (χ0n) is 10.7. The third-order valence-electron chi connectivity index (χ3n) is 3.13. The van der Waals surface area contributed by atoms with Gasteiger partial charge in [-0.15, -0.1) is 0 Å². The molecule has 4 heteroatoms. The molecule has 18 heavy (non-hydrogen) atoms. The highest BCUT2D eigenvalue weighted by molar-refractivity contribution is 5.73. The quantitative estimate of drug-likeness (QED) is 0.858. The summed E-state index contributed by atoms with van der Waals surface area (Å²) in [5.74, 6) is 1.30. The molecular weight excluding hydrogens is 228 g/mol. The molecule has 1 unspecified atom stereocenters. The van der Waals surface area contributed by atoms with Crippen LogP contribution in [-0.4, -0.2) is 25.7 Å². The van der Waals surface area contributed by atoms with Gasteiger partial charge in [0, 0.05) is 19.0 Å². The van der Waals surface area contributed by atoms with E-state index in [2.05, 4.69) is 16.7 Å². The minimum atomic E-state index is -0.0826. The van der Waals surface area contributed by atoms with Gasteiger partial charge in [0.2, 0.25) is 0 Å². The largest absolute Gasteiger partial charge is 0.493 e. The zero-order chi connectivity index (χ0) is 12.8. The Labute approximate surface area is 108 Å². The molecule has 1 heterocycles. The van der Waals surface area contributed by atoms with Gasteiger partial charge in [-0.25, -0.2) is 4.79 Å². The Balaban J connectivity index is 1.89. The summed E-state index contributed by atoms with van der Waals surface area (Å²) >= 11 is 0. The minimum Gasteiger partial charge on any atom is -0.493 e. The molecule has 0 bridgehead atoms.